The standard InChI is InChI=1S/C11H9Cl2NO/c1-2-15-11-9(12)6-8(4-3-5-14)7-10(11)13/h3-4,6-7H,2H2,1H3. The molecule has 0 bridgehead atoms. The molecule has 0 aromatic heterocycles. The molecule has 1 rings (SSSR count). The van der Waals surface area contributed by atoms with Crippen molar-refractivity contribution >= 4 is 29.3 Å². The van der Waals surface area contributed by atoms with Crippen molar-refractivity contribution in [2.24, 2.45) is 0 Å². The minimum Gasteiger partial charge on any atom is -0.491 e. The number of halogens is 2. The highest BCUT2D eigenvalue weighted by Crippen LogP contribution is 2.34. The molecule has 4 heteroatoms. The summed E-state index contributed by atoms with van der Waals surface area (Å²) in [5, 5.41) is 9.27. The molecule has 0 saturated carbocycles. The molecule has 15 heavy (non-hydrogen) atoms. The number of nitriles is 1. The fourth-order valence-electron chi connectivity index (χ4n) is 1.09. The molecule has 0 heterocycles. The minimum absolute atomic E-state index is 0.446. The third kappa shape index (κ3) is 3.16. The molecular weight excluding hydrogens is 233 g/mol. The van der Waals surface area contributed by atoms with E-state index < -0.39 is 0 Å². The summed E-state index contributed by atoms with van der Waals surface area (Å²) in [6.07, 6.45) is 3.00. The third-order valence-electron chi connectivity index (χ3n) is 1.66. The topological polar surface area (TPSA) is 33.0 Å². The van der Waals surface area contributed by atoms with Crippen LogP contribution in [-0.2, 0) is 0 Å². The predicted octanol–water partition coefficient (Wildman–Crippen LogP) is 3.93. The van der Waals surface area contributed by atoms with Gasteiger partial charge in [-0.1, -0.05) is 23.2 Å². The fraction of sp³-hybridized carbons (Fsp3) is 0.182. The summed E-state index contributed by atoms with van der Waals surface area (Å²) in [6, 6.07) is 5.30. The zero-order chi connectivity index (χ0) is 11.3. The van der Waals surface area contributed by atoms with Gasteiger partial charge in [-0.05, 0) is 30.7 Å². The van der Waals surface area contributed by atoms with E-state index >= 15 is 0 Å². The van der Waals surface area contributed by atoms with Crippen LogP contribution in [0.3, 0.4) is 0 Å². The van der Waals surface area contributed by atoms with Crippen molar-refractivity contribution in [3.63, 3.8) is 0 Å². The second-order valence-electron chi connectivity index (χ2n) is 2.71. The number of benzene rings is 1. The monoisotopic (exact) mass is 241 g/mol. The van der Waals surface area contributed by atoms with E-state index in [9.17, 15) is 0 Å². The highest BCUT2D eigenvalue weighted by Gasteiger charge is 2.07. The van der Waals surface area contributed by atoms with Crippen LogP contribution in [0.1, 0.15) is 12.5 Å². The maximum absolute atomic E-state index is 8.38. The first-order valence-electron chi connectivity index (χ1n) is 4.37. The number of rotatable bonds is 3. The van der Waals surface area contributed by atoms with Crippen LogP contribution in [0, 0.1) is 11.3 Å². The van der Waals surface area contributed by atoms with E-state index in [4.69, 9.17) is 33.2 Å². The lowest BCUT2D eigenvalue weighted by Gasteiger charge is -2.08. The first kappa shape index (κ1) is 11.9. The summed E-state index contributed by atoms with van der Waals surface area (Å²) < 4.78 is 5.27. The SMILES string of the molecule is CCOc1c(Cl)cc(C=CC#N)cc1Cl. The van der Waals surface area contributed by atoms with Crippen molar-refractivity contribution in [3.8, 4) is 11.8 Å². The number of hydrogen-bond donors (Lipinski definition) is 0. The average Bonchev–Trinajstić information content (AvgIpc) is 2.20. The Bertz CT molecular complexity index is 398. The molecule has 1 aromatic carbocycles. The van der Waals surface area contributed by atoms with Crippen molar-refractivity contribution in [3.05, 3.63) is 33.8 Å². The highest BCUT2D eigenvalue weighted by molar-refractivity contribution is 6.37. The molecule has 1 aromatic rings. The van der Waals surface area contributed by atoms with Gasteiger partial charge in [-0.3, -0.25) is 0 Å². The van der Waals surface area contributed by atoms with E-state index in [-0.39, 0.29) is 0 Å². The molecule has 0 fully saturated rings. The van der Waals surface area contributed by atoms with Crippen LogP contribution >= 0.6 is 23.2 Å². The maximum atomic E-state index is 8.38. The van der Waals surface area contributed by atoms with Crippen molar-refractivity contribution in [2.45, 2.75) is 6.92 Å². The zero-order valence-electron chi connectivity index (χ0n) is 8.13. The van der Waals surface area contributed by atoms with Crippen LogP contribution in [0.5, 0.6) is 5.75 Å². The Morgan fingerprint density at radius 1 is 1.40 bits per heavy atom. The third-order valence-corrected chi connectivity index (χ3v) is 2.22. The van der Waals surface area contributed by atoms with Crippen LogP contribution in [0.15, 0.2) is 18.2 Å². The second-order valence-corrected chi connectivity index (χ2v) is 3.52. The lowest BCUT2D eigenvalue weighted by atomic mass is 10.2. The summed E-state index contributed by atoms with van der Waals surface area (Å²) in [6.45, 7) is 2.36. The van der Waals surface area contributed by atoms with E-state index in [0.717, 1.165) is 5.56 Å². The van der Waals surface area contributed by atoms with Gasteiger partial charge >= 0.3 is 0 Å². The smallest absolute Gasteiger partial charge is 0.156 e. The minimum atomic E-state index is 0.446. The predicted molar refractivity (Wildman–Crippen MR) is 62.3 cm³/mol. The van der Waals surface area contributed by atoms with Gasteiger partial charge in [0.15, 0.2) is 5.75 Å². The maximum Gasteiger partial charge on any atom is 0.156 e. The van der Waals surface area contributed by atoms with Gasteiger partial charge in [0.25, 0.3) is 0 Å². The Labute approximate surface area is 98.7 Å². The summed E-state index contributed by atoms with van der Waals surface area (Å²) in [5.74, 6) is 0.481. The lowest BCUT2D eigenvalue weighted by molar-refractivity contribution is 0.340. The first-order chi connectivity index (χ1) is 7.19. The molecule has 78 valence electrons. The van der Waals surface area contributed by atoms with Gasteiger partial charge in [-0.15, -0.1) is 0 Å². The molecule has 0 unspecified atom stereocenters. The van der Waals surface area contributed by atoms with Crippen molar-refractivity contribution in [1.29, 1.82) is 5.26 Å². The van der Waals surface area contributed by atoms with Crippen LogP contribution in [0.25, 0.3) is 6.08 Å². The van der Waals surface area contributed by atoms with Crippen molar-refractivity contribution < 1.29 is 4.74 Å². The van der Waals surface area contributed by atoms with Crippen LogP contribution < -0.4 is 4.74 Å². The van der Waals surface area contributed by atoms with E-state index in [1.807, 2.05) is 13.0 Å². The highest BCUT2D eigenvalue weighted by atomic mass is 35.5. The molecule has 0 atom stereocenters. The van der Waals surface area contributed by atoms with Crippen LogP contribution in [0.4, 0.5) is 0 Å². The zero-order valence-corrected chi connectivity index (χ0v) is 9.64. The Morgan fingerprint density at radius 3 is 2.47 bits per heavy atom. The lowest BCUT2D eigenvalue weighted by Crippen LogP contribution is -1.93. The average molecular weight is 242 g/mol. The summed E-state index contributed by atoms with van der Waals surface area (Å²) in [4.78, 5) is 0. The molecule has 0 amide bonds. The molecule has 0 aliphatic carbocycles. The van der Waals surface area contributed by atoms with Crippen LogP contribution in [0.2, 0.25) is 10.0 Å². The molecule has 0 aliphatic rings. The van der Waals surface area contributed by atoms with Gasteiger partial charge in [0.1, 0.15) is 0 Å². The molecule has 0 saturated heterocycles. The molecule has 0 aliphatic heterocycles. The van der Waals surface area contributed by atoms with Crippen molar-refractivity contribution in [2.75, 3.05) is 6.61 Å². The Hall–Kier alpha value is -1.17. The fourth-order valence-corrected chi connectivity index (χ4v) is 1.70. The van der Waals surface area contributed by atoms with Gasteiger partial charge in [0.2, 0.25) is 0 Å². The first-order valence-corrected chi connectivity index (χ1v) is 5.12. The summed E-state index contributed by atoms with van der Waals surface area (Å²) in [7, 11) is 0. The second kappa shape index (κ2) is 5.65. The Morgan fingerprint density at radius 2 is 2.00 bits per heavy atom. The van der Waals surface area contributed by atoms with E-state index in [2.05, 4.69) is 0 Å². The van der Waals surface area contributed by atoms with Gasteiger partial charge in [-0.2, -0.15) is 5.26 Å². The number of allylic oxidation sites excluding steroid dienone is 1. The van der Waals surface area contributed by atoms with Gasteiger partial charge in [0.05, 0.1) is 22.7 Å². The van der Waals surface area contributed by atoms with E-state index in [1.54, 1.807) is 18.2 Å². The molecule has 0 radical (unpaired) electrons. The number of ether oxygens (including phenoxy) is 1. The quantitative estimate of drug-likeness (QED) is 0.752. The number of nitrogens with zero attached hydrogens (tertiary/aromatic N) is 1. The largest absolute Gasteiger partial charge is 0.491 e. The summed E-state index contributed by atoms with van der Waals surface area (Å²) in [5.41, 5.74) is 0.773. The molecule has 2 nitrogen and oxygen atoms in total. The van der Waals surface area contributed by atoms with Gasteiger partial charge in [-0.25, -0.2) is 0 Å². The Balaban J connectivity index is 3.09. The van der Waals surface area contributed by atoms with Gasteiger partial charge < -0.3 is 4.74 Å². The number of hydrogen-bond acceptors (Lipinski definition) is 2. The van der Waals surface area contributed by atoms with Crippen molar-refractivity contribution in [1.82, 2.24) is 0 Å². The Kier molecular flexibility index (Phi) is 4.48. The summed E-state index contributed by atoms with van der Waals surface area (Å²) >= 11 is 11.9. The van der Waals surface area contributed by atoms with E-state index in [1.165, 1.54) is 6.08 Å². The molecule has 0 N–H and O–H groups in total. The van der Waals surface area contributed by atoms with Gasteiger partial charge in [0, 0.05) is 6.08 Å². The molecule has 0 spiro atoms. The van der Waals surface area contributed by atoms with E-state index in [0.29, 0.717) is 22.4 Å². The normalized spacial score (nSPS) is 10.3. The van der Waals surface area contributed by atoms with Crippen LogP contribution in [-0.4, -0.2) is 6.61 Å². The molecular formula is C11H9Cl2NO.